The van der Waals surface area contributed by atoms with Crippen molar-refractivity contribution in [2.45, 2.75) is 51.1 Å². The van der Waals surface area contributed by atoms with Gasteiger partial charge in [0.05, 0.1) is 12.2 Å². The van der Waals surface area contributed by atoms with Gasteiger partial charge in [0.2, 0.25) is 0 Å². The number of nitrogens with one attached hydrogen (secondary N) is 2. The van der Waals surface area contributed by atoms with E-state index < -0.39 is 0 Å². The minimum absolute atomic E-state index is 0.0897. The summed E-state index contributed by atoms with van der Waals surface area (Å²) in [6, 6.07) is 10.6. The Labute approximate surface area is 136 Å². The molecule has 0 radical (unpaired) electrons. The van der Waals surface area contributed by atoms with Crippen LogP contribution in [0.1, 0.15) is 42.9 Å². The van der Waals surface area contributed by atoms with Gasteiger partial charge in [0.15, 0.2) is 0 Å². The van der Waals surface area contributed by atoms with Crippen molar-refractivity contribution in [2.75, 3.05) is 0 Å². The zero-order valence-corrected chi connectivity index (χ0v) is 13.2. The predicted octanol–water partition coefficient (Wildman–Crippen LogP) is 2.71. The van der Waals surface area contributed by atoms with E-state index in [1.165, 1.54) is 24.2 Å². The molecule has 0 bridgehead atoms. The number of amides is 2. The van der Waals surface area contributed by atoms with Crippen molar-refractivity contribution >= 4 is 6.03 Å². The summed E-state index contributed by atoms with van der Waals surface area (Å²) in [5.41, 5.74) is 3.63. The van der Waals surface area contributed by atoms with Crippen LogP contribution in [-0.2, 0) is 19.4 Å². The number of urea groups is 1. The molecule has 2 N–H and O–H groups in total. The van der Waals surface area contributed by atoms with Gasteiger partial charge in [-0.15, -0.1) is 0 Å². The summed E-state index contributed by atoms with van der Waals surface area (Å²) in [5, 5.41) is 5.91. The number of aromatic nitrogens is 2. The van der Waals surface area contributed by atoms with Crippen molar-refractivity contribution < 1.29 is 4.79 Å². The summed E-state index contributed by atoms with van der Waals surface area (Å²) in [7, 11) is 0. The summed E-state index contributed by atoms with van der Waals surface area (Å²) < 4.78 is 2.23. The number of hydrogen-bond donors (Lipinski definition) is 2. The van der Waals surface area contributed by atoms with Crippen LogP contribution in [0.2, 0.25) is 0 Å². The smallest absolute Gasteiger partial charge is 0.315 e. The van der Waals surface area contributed by atoms with Crippen LogP contribution < -0.4 is 10.6 Å². The van der Waals surface area contributed by atoms with E-state index in [1.54, 1.807) is 0 Å². The topological polar surface area (TPSA) is 59.0 Å². The molecule has 5 nitrogen and oxygen atoms in total. The highest BCUT2D eigenvalue weighted by molar-refractivity contribution is 5.74. The van der Waals surface area contributed by atoms with E-state index in [0.29, 0.717) is 12.6 Å². The van der Waals surface area contributed by atoms with Gasteiger partial charge >= 0.3 is 6.03 Å². The van der Waals surface area contributed by atoms with E-state index in [9.17, 15) is 4.79 Å². The van der Waals surface area contributed by atoms with Crippen LogP contribution in [0.5, 0.6) is 0 Å². The summed E-state index contributed by atoms with van der Waals surface area (Å²) >= 11 is 0. The quantitative estimate of drug-likeness (QED) is 0.912. The Hall–Kier alpha value is -2.30. The van der Waals surface area contributed by atoms with E-state index in [4.69, 9.17) is 4.98 Å². The highest BCUT2D eigenvalue weighted by Crippen LogP contribution is 2.25. The molecule has 0 saturated heterocycles. The number of carbonyl (C=O) groups is 1. The normalized spacial score (nSPS) is 16.7. The number of hydrogen-bond acceptors (Lipinski definition) is 2. The first kappa shape index (κ1) is 14.3. The molecule has 2 amide bonds. The number of fused-ring (bicyclic) bond motifs is 1. The first-order valence-corrected chi connectivity index (χ1v) is 8.50. The van der Waals surface area contributed by atoms with Gasteiger partial charge < -0.3 is 10.6 Å². The van der Waals surface area contributed by atoms with Gasteiger partial charge in [0.25, 0.3) is 0 Å². The molecule has 1 saturated carbocycles. The molecular weight excluding hydrogens is 288 g/mol. The molecule has 1 heterocycles. The van der Waals surface area contributed by atoms with Crippen molar-refractivity contribution in [1.29, 1.82) is 0 Å². The van der Waals surface area contributed by atoms with Crippen LogP contribution in [0, 0.1) is 0 Å². The van der Waals surface area contributed by atoms with Crippen molar-refractivity contribution in [3.05, 3.63) is 47.5 Å². The zero-order valence-electron chi connectivity index (χ0n) is 13.2. The lowest BCUT2D eigenvalue weighted by atomic mass is 10.0. The standard InChI is InChI=1S/C18H22N4O/c23-18(20-13-10-11-13)19-12-17-21-15-8-4-5-9-16(15)22(17)14-6-2-1-3-7-14/h1-3,6-7,13H,4-5,8-12H2,(H2,19,20,23). The van der Waals surface area contributed by atoms with E-state index in [-0.39, 0.29) is 6.03 Å². The number of imidazole rings is 1. The number of nitrogens with zero attached hydrogens (tertiary/aromatic N) is 2. The molecule has 1 fully saturated rings. The molecule has 23 heavy (non-hydrogen) atoms. The van der Waals surface area contributed by atoms with E-state index in [1.807, 2.05) is 18.2 Å². The van der Waals surface area contributed by atoms with Crippen molar-refractivity contribution in [2.24, 2.45) is 0 Å². The fourth-order valence-corrected chi connectivity index (χ4v) is 3.22. The van der Waals surface area contributed by atoms with Gasteiger partial charge in [0, 0.05) is 17.4 Å². The van der Waals surface area contributed by atoms with Crippen molar-refractivity contribution in [1.82, 2.24) is 20.2 Å². The maximum Gasteiger partial charge on any atom is 0.315 e. The van der Waals surface area contributed by atoms with Crippen LogP contribution in [-0.4, -0.2) is 21.6 Å². The number of aryl methyl sites for hydroxylation is 1. The monoisotopic (exact) mass is 310 g/mol. The van der Waals surface area contributed by atoms with Gasteiger partial charge in [-0.1, -0.05) is 18.2 Å². The molecule has 1 aromatic heterocycles. The second-order valence-electron chi connectivity index (χ2n) is 6.40. The lowest BCUT2D eigenvalue weighted by Gasteiger charge is -2.15. The van der Waals surface area contributed by atoms with Gasteiger partial charge in [-0.3, -0.25) is 4.57 Å². The second-order valence-corrected chi connectivity index (χ2v) is 6.40. The van der Waals surface area contributed by atoms with Gasteiger partial charge in [0.1, 0.15) is 5.82 Å². The van der Waals surface area contributed by atoms with Gasteiger partial charge in [-0.25, -0.2) is 9.78 Å². The van der Waals surface area contributed by atoms with Crippen LogP contribution in [0.4, 0.5) is 4.79 Å². The maximum absolute atomic E-state index is 11.9. The SMILES string of the molecule is O=C(NCc1nc2c(n1-c1ccccc1)CCCC2)NC1CC1. The third-order valence-corrected chi connectivity index (χ3v) is 4.54. The summed E-state index contributed by atoms with van der Waals surface area (Å²) in [6.45, 7) is 0.459. The Balaban J connectivity index is 1.60. The van der Waals surface area contributed by atoms with Crippen LogP contribution >= 0.6 is 0 Å². The summed E-state index contributed by atoms with van der Waals surface area (Å²) in [6.07, 6.45) is 6.71. The summed E-state index contributed by atoms with van der Waals surface area (Å²) in [5.74, 6) is 0.925. The molecule has 0 aliphatic heterocycles. The van der Waals surface area contributed by atoms with E-state index in [0.717, 1.165) is 37.2 Å². The lowest BCUT2D eigenvalue weighted by molar-refractivity contribution is 0.240. The predicted molar refractivity (Wildman–Crippen MR) is 88.6 cm³/mol. The number of para-hydroxylation sites is 1. The Kier molecular flexibility index (Phi) is 3.77. The minimum Gasteiger partial charge on any atom is -0.335 e. The molecule has 5 heteroatoms. The molecule has 2 aliphatic rings. The molecule has 2 aromatic rings. The number of carbonyl (C=O) groups excluding carboxylic acids is 1. The first-order chi connectivity index (χ1) is 11.3. The highest BCUT2D eigenvalue weighted by Gasteiger charge is 2.24. The molecule has 0 spiro atoms. The molecule has 2 aliphatic carbocycles. The summed E-state index contributed by atoms with van der Waals surface area (Å²) in [4.78, 5) is 16.7. The third kappa shape index (κ3) is 3.09. The molecule has 1 aromatic carbocycles. The van der Waals surface area contributed by atoms with Crippen LogP contribution in [0.25, 0.3) is 5.69 Å². The van der Waals surface area contributed by atoms with Crippen molar-refractivity contribution in [3.63, 3.8) is 0 Å². The number of rotatable bonds is 4. The Morgan fingerprint density at radius 1 is 1.17 bits per heavy atom. The molecule has 4 rings (SSSR count). The Morgan fingerprint density at radius 2 is 1.96 bits per heavy atom. The van der Waals surface area contributed by atoms with Crippen LogP contribution in [0.15, 0.2) is 30.3 Å². The Bertz CT molecular complexity index is 703. The first-order valence-electron chi connectivity index (χ1n) is 8.50. The molecular formula is C18H22N4O. The van der Waals surface area contributed by atoms with Crippen molar-refractivity contribution in [3.8, 4) is 5.69 Å². The zero-order chi connectivity index (χ0) is 15.6. The van der Waals surface area contributed by atoms with Gasteiger partial charge in [-0.05, 0) is 50.7 Å². The van der Waals surface area contributed by atoms with Gasteiger partial charge in [-0.2, -0.15) is 0 Å². The highest BCUT2D eigenvalue weighted by atomic mass is 16.2. The Morgan fingerprint density at radius 3 is 2.74 bits per heavy atom. The maximum atomic E-state index is 11.9. The third-order valence-electron chi connectivity index (χ3n) is 4.54. The largest absolute Gasteiger partial charge is 0.335 e. The molecule has 120 valence electrons. The van der Waals surface area contributed by atoms with Crippen LogP contribution in [0.3, 0.4) is 0 Å². The molecule has 0 atom stereocenters. The number of benzene rings is 1. The second kappa shape index (κ2) is 6.07. The minimum atomic E-state index is -0.0897. The lowest BCUT2D eigenvalue weighted by Crippen LogP contribution is -2.36. The fraction of sp³-hybridized carbons (Fsp3) is 0.444. The average molecular weight is 310 g/mol. The van der Waals surface area contributed by atoms with E-state index >= 15 is 0 Å². The molecule has 0 unspecified atom stereocenters. The fourth-order valence-electron chi connectivity index (χ4n) is 3.22. The van der Waals surface area contributed by atoms with E-state index in [2.05, 4.69) is 27.3 Å². The average Bonchev–Trinajstić information content (AvgIpc) is 3.31.